The number of phenols is 1. The number of hydrogen-bond donors (Lipinski definition) is 2. The lowest BCUT2D eigenvalue weighted by molar-refractivity contribution is 0.476. The number of sulfone groups is 1. The Morgan fingerprint density at radius 1 is 1.44 bits per heavy atom. The largest absolute Gasteiger partial charge is 0.506 e. The van der Waals surface area contributed by atoms with Crippen LogP contribution in [0.5, 0.6) is 5.75 Å². The summed E-state index contributed by atoms with van der Waals surface area (Å²) in [6.07, 6.45) is 0.564. The quantitative estimate of drug-likeness (QED) is 0.795. The summed E-state index contributed by atoms with van der Waals surface area (Å²) in [6.45, 7) is 0. The van der Waals surface area contributed by atoms with Gasteiger partial charge in [-0.2, -0.15) is 0 Å². The van der Waals surface area contributed by atoms with Crippen LogP contribution in [0.15, 0.2) is 18.2 Å². The molecule has 1 heterocycles. The molecule has 0 bridgehead atoms. The molecule has 0 aliphatic carbocycles. The fourth-order valence-electron chi connectivity index (χ4n) is 1.75. The molecule has 1 aliphatic rings. The van der Waals surface area contributed by atoms with E-state index in [1.54, 1.807) is 12.1 Å². The highest BCUT2D eigenvalue weighted by atomic mass is 35.5. The molecule has 1 saturated heterocycles. The Labute approximate surface area is 99.2 Å². The smallest absolute Gasteiger partial charge is 0.152 e. The number of nitrogens with one attached hydrogen (secondary N) is 1. The second kappa shape index (κ2) is 4.14. The molecule has 1 atom stereocenters. The van der Waals surface area contributed by atoms with Crippen LogP contribution in [0, 0.1) is 0 Å². The van der Waals surface area contributed by atoms with Crippen molar-refractivity contribution in [2.45, 2.75) is 12.5 Å². The van der Waals surface area contributed by atoms with Crippen LogP contribution in [0.1, 0.15) is 6.42 Å². The first-order valence-corrected chi connectivity index (χ1v) is 7.12. The van der Waals surface area contributed by atoms with Crippen LogP contribution in [0.4, 0.5) is 5.69 Å². The third-order valence-electron chi connectivity index (χ3n) is 2.55. The van der Waals surface area contributed by atoms with Gasteiger partial charge in [0.2, 0.25) is 0 Å². The predicted molar refractivity (Wildman–Crippen MR) is 63.8 cm³/mol. The number of aromatic hydroxyl groups is 1. The summed E-state index contributed by atoms with van der Waals surface area (Å²) >= 11 is 5.79. The van der Waals surface area contributed by atoms with Crippen LogP contribution in [0.3, 0.4) is 0 Å². The van der Waals surface area contributed by atoms with Crippen molar-refractivity contribution in [1.82, 2.24) is 0 Å². The van der Waals surface area contributed by atoms with Gasteiger partial charge in [-0.15, -0.1) is 0 Å². The number of halogens is 1. The summed E-state index contributed by atoms with van der Waals surface area (Å²) in [5.41, 5.74) is 0.481. The third-order valence-corrected chi connectivity index (χ3v) is 4.55. The van der Waals surface area contributed by atoms with Crippen molar-refractivity contribution in [1.29, 1.82) is 0 Å². The molecular weight excluding hydrogens is 250 g/mol. The molecule has 1 fully saturated rings. The molecule has 0 aromatic heterocycles. The predicted octanol–water partition coefficient (Wildman–Crippen LogP) is 1.64. The maximum absolute atomic E-state index is 11.3. The minimum atomic E-state index is -2.92. The topological polar surface area (TPSA) is 66.4 Å². The highest BCUT2D eigenvalue weighted by molar-refractivity contribution is 7.91. The van der Waals surface area contributed by atoms with Crippen molar-refractivity contribution in [2.24, 2.45) is 0 Å². The van der Waals surface area contributed by atoms with Crippen LogP contribution < -0.4 is 5.32 Å². The maximum atomic E-state index is 11.3. The number of phenolic OH excluding ortho intramolecular Hbond substituents is 1. The number of anilines is 1. The van der Waals surface area contributed by atoms with Gasteiger partial charge in [-0.1, -0.05) is 11.6 Å². The van der Waals surface area contributed by atoms with Gasteiger partial charge in [0.05, 0.1) is 17.2 Å². The van der Waals surface area contributed by atoms with Gasteiger partial charge in [-0.25, -0.2) is 8.42 Å². The van der Waals surface area contributed by atoms with Gasteiger partial charge in [-0.05, 0) is 24.6 Å². The molecule has 1 unspecified atom stereocenters. The lowest BCUT2D eigenvalue weighted by atomic mass is 10.2. The van der Waals surface area contributed by atoms with E-state index in [1.165, 1.54) is 6.07 Å². The van der Waals surface area contributed by atoms with E-state index in [1.807, 2.05) is 0 Å². The monoisotopic (exact) mass is 261 g/mol. The summed E-state index contributed by atoms with van der Waals surface area (Å²) < 4.78 is 22.5. The van der Waals surface area contributed by atoms with Gasteiger partial charge in [0.25, 0.3) is 0 Å². The molecule has 0 radical (unpaired) electrons. The molecule has 88 valence electrons. The summed E-state index contributed by atoms with van der Waals surface area (Å²) in [5.74, 6) is 0.388. The van der Waals surface area contributed by atoms with Gasteiger partial charge < -0.3 is 10.4 Å². The van der Waals surface area contributed by atoms with E-state index in [0.717, 1.165) is 0 Å². The number of hydrogen-bond acceptors (Lipinski definition) is 4. The first-order valence-electron chi connectivity index (χ1n) is 4.92. The molecule has 4 nitrogen and oxygen atoms in total. The van der Waals surface area contributed by atoms with E-state index in [2.05, 4.69) is 5.32 Å². The van der Waals surface area contributed by atoms with Crippen molar-refractivity contribution in [3.63, 3.8) is 0 Å². The zero-order chi connectivity index (χ0) is 11.8. The fraction of sp³-hybridized carbons (Fsp3) is 0.400. The Hall–Kier alpha value is -0.940. The SMILES string of the molecule is O=S1(=O)CCC(Nc2cc(Cl)ccc2O)C1. The van der Waals surface area contributed by atoms with Crippen molar-refractivity contribution in [2.75, 3.05) is 16.8 Å². The number of benzene rings is 1. The molecule has 2 rings (SSSR count). The zero-order valence-corrected chi connectivity index (χ0v) is 10.1. The van der Waals surface area contributed by atoms with Crippen molar-refractivity contribution >= 4 is 27.1 Å². The lowest BCUT2D eigenvalue weighted by Gasteiger charge is -2.13. The van der Waals surface area contributed by atoms with Crippen LogP contribution in [0.25, 0.3) is 0 Å². The average Bonchev–Trinajstić information content (AvgIpc) is 2.52. The molecule has 2 N–H and O–H groups in total. The lowest BCUT2D eigenvalue weighted by Crippen LogP contribution is -2.20. The fourth-order valence-corrected chi connectivity index (χ4v) is 3.60. The van der Waals surface area contributed by atoms with Gasteiger partial charge in [0.15, 0.2) is 9.84 Å². The van der Waals surface area contributed by atoms with Crippen molar-refractivity contribution in [3.8, 4) is 5.75 Å². The van der Waals surface area contributed by atoms with Crippen LogP contribution in [-0.2, 0) is 9.84 Å². The maximum Gasteiger partial charge on any atom is 0.152 e. The molecule has 0 amide bonds. The highest BCUT2D eigenvalue weighted by Crippen LogP contribution is 2.28. The van der Waals surface area contributed by atoms with Crippen molar-refractivity contribution < 1.29 is 13.5 Å². The van der Waals surface area contributed by atoms with E-state index >= 15 is 0 Å². The molecule has 16 heavy (non-hydrogen) atoms. The Bertz CT molecular complexity index is 501. The molecule has 1 aliphatic heterocycles. The van der Waals surface area contributed by atoms with Gasteiger partial charge >= 0.3 is 0 Å². The molecule has 0 spiro atoms. The average molecular weight is 262 g/mol. The third kappa shape index (κ3) is 2.59. The molecular formula is C10H12ClNO3S. The van der Waals surface area contributed by atoms with E-state index in [4.69, 9.17) is 11.6 Å². The van der Waals surface area contributed by atoms with E-state index in [9.17, 15) is 13.5 Å². The molecule has 0 saturated carbocycles. The first kappa shape index (κ1) is 11.5. The summed E-state index contributed by atoms with van der Waals surface area (Å²) in [5, 5.41) is 13.0. The van der Waals surface area contributed by atoms with Gasteiger partial charge in [0, 0.05) is 11.1 Å². The molecule has 6 heteroatoms. The standard InChI is InChI=1S/C10H12ClNO3S/c11-7-1-2-10(13)9(5-7)12-8-3-4-16(14,15)6-8/h1-2,5,8,12-13H,3-4,6H2. The van der Waals surface area contributed by atoms with Crippen LogP contribution in [0.2, 0.25) is 5.02 Å². The summed E-state index contributed by atoms with van der Waals surface area (Å²) in [4.78, 5) is 0. The summed E-state index contributed by atoms with van der Waals surface area (Å²) in [6, 6.07) is 4.50. The first-order chi connectivity index (χ1) is 7.46. The highest BCUT2D eigenvalue weighted by Gasteiger charge is 2.28. The Morgan fingerprint density at radius 2 is 2.19 bits per heavy atom. The van der Waals surface area contributed by atoms with E-state index in [0.29, 0.717) is 17.1 Å². The Balaban J connectivity index is 2.13. The van der Waals surface area contributed by atoms with Gasteiger partial charge in [0.1, 0.15) is 5.75 Å². The Kier molecular flexibility index (Phi) is 2.99. The van der Waals surface area contributed by atoms with Crippen molar-refractivity contribution in [3.05, 3.63) is 23.2 Å². The second-order valence-electron chi connectivity index (χ2n) is 3.91. The second-order valence-corrected chi connectivity index (χ2v) is 6.57. The minimum absolute atomic E-state index is 0.0775. The number of rotatable bonds is 2. The van der Waals surface area contributed by atoms with E-state index in [-0.39, 0.29) is 23.3 Å². The van der Waals surface area contributed by atoms with Crippen LogP contribution in [-0.4, -0.2) is 31.1 Å². The zero-order valence-electron chi connectivity index (χ0n) is 8.48. The normalized spacial score (nSPS) is 23.2. The van der Waals surface area contributed by atoms with Gasteiger partial charge in [-0.3, -0.25) is 0 Å². The van der Waals surface area contributed by atoms with E-state index < -0.39 is 9.84 Å². The molecule has 1 aromatic carbocycles. The summed E-state index contributed by atoms with van der Waals surface area (Å²) in [7, 11) is -2.92. The molecule has 1 aromatic rings. The Morgan fingerprint density at radius 3 is 2.81 bits per heavy atom. The van der Waals surface area contributed by atoms with Crippen LogP contribution >= 0.6 is 11.6 Å². The minimum Gasteiger partial charge on any atom is -0.506 e.